The maximum Gasteiger partial charge on any atom is 0.251 e. The highest BCUT2D eigenvalue weighted by Crippen LogP contribution is 2.05. The van der Waals surface area contributed by atoms with Gasteiger partial charge in [-0.05, 0) is 25.5 Å². The van der Waals surface area contributed by atoms with E-state index in [1.807, 2.05) is 6.92 Å². The van der Waals surface area contributed by atoms with Crippen molar-refractivity contribution in [3.05, 3.63) is 35.4 Å². The minimum atomic E-state index is -0.191. The number of amidine groups is 1. The SMILES string of the molecule is CCOCCCNC(=O)c1cccc(/C(N)=N/O)c1. The zero-order valence-corrected chi connectivity index (χ0v) is 10.9. The predicted molar refractivity (Wildman–Crippen MR) is 72.4 cm³/mol. The molecule has 0 radical (unpaired) electrons. The van der Waals surface area contributed by atoms with Gasteiger partial charge in [0.2, 0.25) is 0 Å². The van der Waals surface area contributed by atoms with Gasteiger partial charge in [0.05, 0.1) is 0 Å². The van der Waals surface area contributed by atoms with Crippen LogP contribution in [0.1, 0.15) is 29.3 Å². The lowest BCUT2D eigenvalue weighted by Gasteiger charge is -2.06. The molecule has 0 heterocycles. The summed E-state index contributed by atoms with van der Waals surface area (Å²) in [6, 6.07) is 6.60. The molecule has 1 aromatic carbocycles. The number of rotatable bonds is 7. The fourth-order valence-corrected chi connectivity index (χ4v) is 1.50. The Hall–Kier alpha value is -2.08. The van der Waals surface area contributed by atoms with Gasteiger partial charge in [-0.1, -0.05) is 17.3 Å². The Morgan fingerprint density at radius 3 is 2.89 bits per heavy atom. The van der Waals surface area contributed by atoms with Crippen LogP contribution in [0.25, 0.3) is 0 Å². The topological polar surface area (TPSA) is 96.9 Å². The van der Waals surface area contributed by atoms with Crippen molar-refractivity contribution < 1.29 is 14.7 Å². The largest absolute Gasteiger partial charge is 0.409 e. The molecule has 19 heavy (non-hydrogen) atoms. The first-order valence-electron chi connectivity index (χ1n) is 6.13. The van der Waals surface area contributed by atoms with Crippen LogP contribution >= 0.6 is 0 Å². The Labute approximate surface area is 112 Å². The van der Waals surface area contributed by atoms with E-state index in [0.29, 0.717) is 30.9 Å². The number of nitrogens with two attached hydrogens (primary N) is 1. The summed E-state index contributed by atoms with van der Waals surface area (Å²) in [6.07, 6.45) is 0.763. The smallest absolute Gasteiger partial charge is 0.251 e. The summed E-state index contributed by atoms with van der Waals surface area (Å²) in [5.41, 5.74) is 6.45. The number of carbonyl (C=O) groups is 1. The summed E-state index contributed by atoms with van der Waals surface area (Å²) >= 11 is 0. The average Bonchev–Trinajstić information content (AvgIpc) is 2.46. The van der Waals surface area contributed by atoms with Crippen LogP contribution < -0.4 is 11.1 Å². The van der Waals surface area contributed by atoms with Crippen LogP contribution in [-0.2, 0) is 4.74 Å². The van der Waals surface area contributed by atoms with E-state index < -0.39 is 0 Å². The van der Waals surface area contributed by atoms with Crippen molar-refractivity contribution in [1.82, 2.24) is 5.32 Å². The maximum atomic E-state index is 11.8. The summed E-state index contributed by atoms with van der Waals surface area (Å²) in [5, 5.41) is 14.3. The van der Waals surface area contributed by atoms with E-state index in [1.54, 1.807) is 24.3 Å². The van der Waals surface area contributed by atoms with E-state index in [9.17, 15) is 4.79 Å². The van der Waals surface area contributed by atoms with Gasteiger partial charge >= 0.3 is 0 Å². The Kier molecular flexibility index (Phi) is 6.38. The normalized spacial score (nSPS) is 11.3. The summed E-state index contributed by atoms with van der Waals surface area (Å²) in [4.78, 5) is 11.8. The fraction of sp³-hybridized carbons (Fsp3) is 0.385. The standard InChI is InChI=1S/C13H19N3O3/c1-2-19-8-4-7-15-13(17)11-6-3-5-10(9-11)12(14)16-18/h3,5-6,9,18H,2,4,7-8H2,1H3,(H2,14,16)(H,15,17). The molecule has 0 aliphatic rings. The molecule has 0 unspecified atom stereocenters. The minimum Gasteiger partial charge on any atom is -0.409 e. The Morgan fingerprint density at radius 2 is 2.21 bits per heavy atom. The Balaban J connectivity index is 2.53. The highest BCUT2D eigenvalue weighted by molar-refractivity contribution is 6.01. The number of nitrogens with zero attached hydrogens (tertiary/aromatic N) is 1. The second kappa shape index (κ2) is 8.10. The molecule has 0 spiro atoms. The molecule has 0 aliphatic heterocycles. The molecule has 0 saturated heterocycles. The van der Waals surface area contributed by atoms with Gasteiger partial charge in [0.15, 0.2) is 5.84 Å². The predicted octanol–water partition coefficient (Wildman–Crippen LogP) is 0.938. The third-order valence-electron chi connectivity index (χ3n) is 2.48. The third-order valence-corrected chi connectivity index (χ3v) is 2.48. The molecule has 1 amide bonds. The van der Waals surface area contributed by atoms with E-state index in [0.717, 1.165) is 6.42 Å². The molecule has 104 valence electrons. The number of hydrogen-bond acceptors (Lipinski definition) is 4. The van der Waals surface area contributed by atoms with E-state index >= 15 is 0 Å². The van der Waals surface area contributed by atoms with Gasteiger partial charge in [0.1, 0.15) is 0 Å². The molecule has 0 fully saturated rings. The lowest BCUT2D eigenvalue weighted by Crippen LogP contribution is -2.25. The van der Waals surface area contributed by atoms with Gasteiger partial charge in [-0.15, -0.1) is 0 Å². The summed E-state index contributed by atoms with van der Waals surface area (Å²) in [6.45, 7) is 3.78. The first-order valence-corrected chi connectivity index (χ1v) is 6.13. The molecule has 0 atom stereocenters. The van der Waals surface area contributed by atoms with Gasteiger partial charge in [-0.3, -0.25) is 4.79 Å². The molecule has 4 N–H and O–H groups in total. The lowest BCUT2D eigenvalue weighted by atomic mass is 10.1. The van der Waals surface area contributed by atoms with Crippen LogP contribution in [0.5, 0.6) is 0 Å². The first kappa shape index (κ1) is 15.0. The second-order valence-corrected chi connectivity index (χ2v) is 3.87. The molecule has 6 nitrogen and oxygen atoms in total. The van der Waals surface area contributed by atoms with Gasteiger partial charge < -0.3 is 21.0 Å². The van der Waals surface area contributed by atoms with Crippen molar-refractivity contribution in [3.8, 4) is 0 Å². The summed E-state index contributed by atoms with van der Waals surface area (Å²) in [5.74, 6) is -0.213. The number of ether oxygens (including phenoxy) is 1. The van der Waals surface area contributed by atoms with Crippen molar-refractivity contribution in [2.75, 3.05) is 19.8 Å². The second-order valence-electron chi connectivity index (χ2n) is 3.87. The number of hydrogen-bond donors (Lipinski definition) is 3. The molecule has 0 bridgehead atoms. The highest BCUT2D eigenvalue weighted by Gasteiger charge is 2.07. The minimum absolute atomic E-state index is 0.0222. The molecule has 6 heteroatoms. The number of benzene rings is 1. The summed E-state index contributed by atoms with van der Waals surface area (Å²) < 4.78 is 5.17. The molecule has 0 aliphatic carbocycles. The number of carbonyl (C=O) groups excluding carboxylic acids is 1. The third kappa shape index (κ3) is 4.97. The molecule has 1 aromatic rings. The monoisotopic (exact) mass is 265 g/mol. The van der Waals surface area contributed by atoms with Gasteiger partial charge in [-0.2, -0.15) is 0 Å². The van der Waals surface area contributed by atoms with Crippen LogP contribution in [-0.4, -0.2) is 36.7 Å². The summed E-state index contributed by atoms with van der Waals surface area (Å²) in [7, 11) is 0. The van der Waals surface area contributed by atoms with Crippen molar-refractivity contribution in [2.24, 2.45) is 10.9 Å². The Bertz CT molecular complexity index is 447. The zero-order valence-electron chi connectivity index (χ0n) is 10.9. The van der Waals surface area contributed by atoms with Crippen molar-refractivity contribution in [1.29, 1.82) is 0 Å². The van der Waals surface area contributed by atoms with Crippen molar-refractivity contribution >= 4 is 11.7 Å². The average molecular weight is 265 g/mol. The van der Waals surface area contributed by atoms with Crippen LogP contribution in [0.2, 0.25) is 0 Å². The molecule has 1 rings (SSSR count). The van der Waals surface area contributed by atoms with Gasteiger partial charge in [0, 0.05) is 30.9 Å². The first-order chi connectivity index (χ1) is 9.19. The molecular formula is C13H19N3O3. The molecular weight excluding hydrogens is 246 g/mol. The van der Waals surface area contributed by atoms with E-state index in [-0.39, 0.29) is 11.7 Å². The Morgan fingerprint density at radius 1 is 1.47 bits per heavy atom. The van der Waals surface area contributed by atoms with Crippen LogP contribution in [0.15, 0.2) is 29.4 Å². The zero-order chi connectivity index (χ0) is 14.1. The van der Waals surface area contributed by atoms with Crippen LogP contribution in [0.3, 0.4) is 0 Å². The molecule has 0 saturated carbocycles. The van der Waals surface area contributed by atoms with Gasteiger partial charge in [-0.25, -0.2) is 0 Å². The van der Waals surface area contributed by atoms with Gasteiger partial charge in [0.25, 0.3) is 5.91 Å². The maximum absolute atomic E-state index is 11.8. The number of nitrogens with one attached hydrogen (secondary N) is 1. The van der Waals surface area contributed by atoms with Crippen LogP contribution in [0.4, 0.5) is 0 Å². The number of oxime groups is 1. The number of amides is 1. The highest BCUT2D eigenvalue weighted by atomic mass is 16.5. The van der Waals surface area contributed by atoms with Crippen molar-refractivity contribution in [2.45, 2.75) is 13.3 Å². The molecule has 0 aromatic heterocycles. The quantitative estimate of drug-likeness (QED) is 0.225. The van der Waals surface area contributed by atoms with E-state index in [1.165, 1.54) is 0 Å². The van der Waals surface area contributed by atoms with Crippen LogP contribution in [0, 0.1) is 0 Å². The van der Waals surface area contributed by atoms with E-state index in [4.69, 9.17) is 15.7 Å². The fourth-order valence-electron chi connectivity index (χ4n) is 1.50. The van der Waals surface area contributed by atoms with E-state index in [2.05, 4.69) is 10.5 Å². The lowest BCUT2D eigenvalue weighted by molar-refractivity contribution is 0.0944. The van der Waals surface area contributed by atoms with Crippen molar-refractivity contribution in [3.63, 3.8) is 0 Å².